The maximum absolute atomic E-state index is 12.9. The number of anilines is 1. The van der Waals surface area contributed by atoms with E-state index in [4.69, 9.17) is 9.47 Å². The summed E-state index contributed by atoms with van der Waals surface area (Å²) >= 11 is 0. The van der Waals surface area contributed by atoms with Crippen molar-refractivity contribution in [3.8, 4) is 5.75 Å². The topological polar surface area (TPSA) is 146 Å². The van der Waals surface area contributed by atoms with Gasteiger partial charge in [0.15, 0.2) is 0 Å². The Hall–Kier alpha value is -4.61. The van der Waals surface area contributed by atoms with Crippen molar-refractivity contribution in [1.82, 2.24) is 20.4 Å². The van der Waals surface area contributed by atoms with E-state index in [-0.39, 0.29) is 35.6 Å². The molecular weight excluding hydrogens is 626 g/mol. The molecule has 5 amide bonds. The Kier molecular flexibility index (Phi) is 16.1. The van der Waals surface area contributed by atoms with Crippen molar-refractivity contribution in [3.63, 3.8) is 0 Å². The van der Waals surface area contributed by atoms with Crippen LogP contribution in [0.15, 0.2) is 48.5 Å². The van der Waals surface area contributed by atoms with Crippen molar-refractivity contribution in [2.45, 2.75) is 79.2 Å². The zero-order valence-electron chi connectivity index (χ0n) is 30.4. The number of hydrogen-bond donors (Lipinski definition) is 3. The fourth-order valence-corrected chi connectivity index (χ4v) is 4.64. The van der Waals surface area contributed by atoms with Crippen LogP contribution in [0, 0.1) is 5.41 Å². The molecule has 0 atom stereocenters. The third-order valence-corrected chi connectivity index (χ3v) is 7.80. The summed E-state index contributed by atoms with van der Waals surface area (Å²) in [5.74, 6) is 0.211. The summed E-state index contributed by atoms with van der Waals surface area (Å²) in [6.07, 6.45) is 2.10. The van der Waals surface area contributed by atoms with Crippen LogP contribution in [0.25, 0.3) is 0 Å². The molecule has 0 saturated carbocycles. The molecule has 2 rings (SSSR count). The quantitative estimate of drug-likeness (QED) is 0.200. The number of likely N-dealkylation sites (N-methyl/N-ethyl adjacent to an activating group) is 2. The minimum absolute atomic E-state index is 0.0229. The molecule has 0 spiro atoms. The van der Waals surface area contributed by atoms with Crippen LogP contribution in [-0.2, 0) is 25.5 Å². The van der Waals surface area contributed by atoms with Gasteiger partial charge < -0.3 is 35.2 Å². The fraction of sp³-hybridized carbons (Fsp3) is 0.541. The lowest BCUT2D eigenvalue weighted by molar-refractivity contribution is -0.131. The molecule has 0 aliphatic heterocycles. The van der Waals surface area contributed by atoms with Crippen molar-refractivity contribution in [2.75, 3.05) is 52.2 Å². The molecule has 0 aromatic heterocycles. The Labute approximate surface area is 291 Å². The second-order valence-corrected chi connectivity index (χ2v) is 13.9. The average Bonchev–Trinajstić information content (AvgIpc) is 3.04. The fourth-order valence-electron chi connectivity index (χ4n) is 4.64. The molecule has 0 bridgehead atoms. The van der Waals surface area contributed by atoms with Gasteiger partial charge in [-0.2, -0.15) is 0 Å². The smallest absolute Gasteiger partial charge is 0.408 e. The van der Waals surface area contributed by atoms with Gasteiger partial charge >= 0.3 is 6.09 Å². The third-order valence-electron chi connectivity index (χ3n) is 7.80. The van der Waals surface area contributed by atoms with Gasteiger partial charge in [-0.25, -0.2) is 4.79 Å². The summed E-state index contributed by atoms with van der Waals surface area (Å²) in [6, 6.07) is 14.3. The van der Waals surface area contributed by atoms with Crippen molar-refractivity contribution in [2.24, 2.45) is 5.41 Å². The lowest BCUT2D eigenvalue weighted by Crippen LogP contribution is -2.37. The zero-order valence-corrected chi connectivity index (χ0v) is 30.4. The highest BCUT2D eigenvalue weighted by molar-refractivity contribution is 5.94. The monoisotopic (exact) mass is 681 g/mol. The molecule has 270 valence electrons. The first-order valence-electron chi connectivity index (χ1n) is 16.8. The normalized spacial score (nSPS) is 11.3. The van der Waals surface area contributed by atoms with Gasteiger partial charge in [0, 0.05) is 51.3 Å². The summed E-state index contributed by atoms with van der Waals surface area (Å²) in [6.45, 7) is 12.9. The number of benzene rings is 2. The molecule has 0 fully saturated rings. The van der Waals surface area contributed by atoms with E-state index in [1.165, 1.54) is 0 Å². The first-order valence-corrected chi connectivity index (χ1v) is 16.8. The molecule has 3 N–H and O–H groups in total. The van der Waals surface area contributed by atoms with E-state index in [1.54, 1.807) is 81.1 Å². The lowest BCUT2D eigenvalue weighted by Gasteiger charge is -2.27. The van der Waals surface area contributed by atoms with Crippen LogP contribution in [0.3, 0.4) is 0 Å². The largest absolute Gasteiger partial charge is 0.492 e. The van der Waals surface area contributed by atoms with Crippen LogP contribution >= 0.6 is 0 Å². The van der Waals surface area contributed by atoms with Gasteiger partial charge in [-0.3, -0.25) is 19.2 Å². The second-order valence-electron chi connectivity index (χ2n) is 13.9. The van der Waals surface area contributed by atoms with Gasteiger partial charge in [0.05, 0.1) is 6.54 Å². The summed E-state index contributed by atoms with van der Waals surface area (Å²) in [5.41, 5.74) is 1.37. The van der Waals surface area contributed by atoms with Crippen LogP contribution in [-0.4, -0.2) is 92.0 Å². The number of rotatable bonds is 18. The molecule has 2 aromatic rings. The Morgan fingerprint density at radius 1 is 0.755 bits per heavy atom. The van der Waals surface area contributed by atoms with Crippen molar-refractivity contribution in [1.29, 1.82) is 0 Å². The van der Waals surface area contributed by atoms with Crippen molar-refractivity contribution >= 4 is 35.4 Å². The first-order chi connectivity index (χ1) is 23.0. The summed E-state index contributed by atoms with van der Waals surface area (Å²) in [4.78, 5) is 64.8. The van der Waals surface area contributed by atoms with E-state index in [0.717, 1.165) is 5.56 Å². The van der Waals surface area contributed by atoms with Crippen LogP contribution in [0.5, 0.6) is 5.75 Å². The highest BCUT2D eigenvalue weighted by atomic mass is 16.6. The summed E-state index contributed by atoms with van der Waals surface area (Å²) in [5, 5.41) is 7.92. The predicted molar refractivity (Wildman–Crippen MR) is 190 cm³/mol. The van der Waals surface area contributed by atoms with Crippen LogP contribution in [0.2, 0.25) is 0 Å². The van der Waals surface area contributed by atoms with Gasteiger partial charge in [0.1, 0.15) is 24.5 Å². The third kappa shape index (κ3) is 16.4. The molecule has 49 heavy (non-hydrogen) atoms. The molecule has 12 heteroatoms. The summed E-state index contributed by atoms with van der Waals surface area (Å²) in [7, 11) is 3.55. The van der Waals surface area contributed by atoms with E-state index in [9.17, 15) is 24.0 Å². The standard InChI is InChI=1S/C37H55N5O7/c1-9-38-34(46)28-12-16-30(17-13-28)48-25-24-42(8)33(45)19-22-37(5,6)21-18-32(44)41(7)23-20-27-10-14-29(15-11-27)40-31(43)26-39-35(47)49-36(2,3)4/h10-17H,9,18-26H2,1-8H3,(H,38,46)(H,39,47)(H,40,43). The second kappa shape index (κ2) is 19.4. The molecular formula is C37H55N5O7. The SMILES string of the molecule is CCNC(=O)c1ccc(OCCN(C)C(=O)CCC(C)(C)CCC(=O)N(C)CCc2ccc(NC(=O)CNC(=O)OC(C)(C)C)cc2)cc1. The maximum Gasteiger partial charge on any atom is 0.408 e. The number of carbonyl (C=O) groups excluding carboxylic acids is 5. The number of alkyl carbamates (subject to hydrolysis) is 1. The minimum Gasteiger partial charge on any atom is -0.492 e. The number of nitrogens with one attached hydrogen (secondary N) is 3. The Balaban J connectivity index is 1.66. The van der Waals surface area contributed by atoms with Crippen LogP contribution < -0.4 is 20.7 Å². The van der Waals surface area contributed by atoms with E-state index in [0.29, 0.717) is 75.3 Å². The van der Waals surface area contributed by atoms with Gasteiger partial charge in [0.25, 0.3) is 5.91 Å². The number of ether oxygens (including phenoxy) is 2. The van der Waals surface area contributed by atoms with Gasteiger partial charge in [-0.15, -0.1) is 0 Å². The lowest BCUT2D eigenvalue weighted by atomic mass is 9.83. The first kappa shape index (κ1) is 40.6. The van der Waals surface area contributed by atoms with Crippen LogP contribution in [0.1, 0.15) is 83.1 Å². The molecule has 0 radical (unpaired) electrons. The van der Waals surface area contributed by atoms with E-state index >= 15 is 0 Å². The molecule has 0 heterocycles. The highest BCUT2D eigenvalue weighted by Gasteiger charge is 2.23. The number of amides is 5. The van der Waals surface area contributed by atoms with E-state index in [1.807, 2.05) is 19.1 Å². The molecule has 0 aliphatic carbocycles. The van der Waals surface area contributed by atoms with Gasteiger partial charge in [0.2, 0.25) is 17.7 Å². The van der Waals surface area contributed by atoms with Crippen LogP contribution in [0.4, 0.5) is 10.5 Å². The number of nitrogens with zero attached hydrogens (tertiary/aromatic N) is 2. The molecule has 0 unspecified atom stereocenters. The maximum atomic E-state index is 12.9. The van der Waals surface area contributed by atoms with Gasteiger partial charge in [-0.1, -0.05) is 26.0 Å². The zero-order chi connectivity index (χ0) is 36.6. The predicted octanol–water partition coefficient (Wildman–Crippen LogP) is 5.02. The molecule has 12 nitrogen and oxygen atoms in total. The highest BCUT2D eigenvalue weighted by Crippen LogP contribution is 2.29. The number of hydrogen-bond acceptors (Lipinski definition) is 7. The van der Waals surface area contributed by atoms with Gasteiger partial charge in [-0.05, 0) is 94.3 Å². The van der Waals surface area contributed by atoms with Crippen molar-refractivity contribution in [3.05, 3.63) is 59.7 Å². The Morgan fingerprint density at radius 2 is 1.33 bits per heavy atom. The van der Waals surface area contributed by atoms with E-state index in [2.05, 4.69) is 29.8 Å². The molecule has 2 aromatic carbocycles. The summed E-state index contributed by atoms with van der Waals surface area (Å²) < 4.78 is 10.9. The minimum atomic E-state index is -0.655. The number of carbonyl (C=O) groups is 5. The molecule has 0 saturated heterocycles. The Bertz CT molecular complexity index is 1390. The Morgan fingerprint density at radius 3 is 1.88 bits per heavy atom. The molecule has 0 aliphatic rings. The van der Waals surface area contributed by atoms with E-state index < -0.39 is 11.7 Å². The van der Waals surface area contributed by atoms with Crippen molar-refractivity contribution < 1.29 is 33.4 Å². The average molecular weight is 682 g/mol.